The average Bonchev–Trinajstić information content (AvgIpc) is 3.88. The number of para-hydroxylation sites is 3. The lowest BCUT2D eigenvalue weighted by Gasteiger charge is -2.08. The van der Waals surface area contributed by atoms with Crippen molar-refractivity contribution in [2.75, 3.05) is 0 Å². The summed E-state index contributed by atoms with van der Waals surface area (Å²) in [5.74, 6) is 1.84. The topological polar surface area (TPSA) is 65.0 Å². The van der Waals surface area contributed by atoms with E-state index in [1.54, 1.807) is 11.3 Å². The Morgan fingerprint density at radius 1 is 0.353 bits per heavy atom. The third-order valence-corrected chi connectivity index (χ3v) is 10.9. The zero-order valence-corrected chi connectivity index (χ0v) is 27.8. The lowest BCUT2D eigenvalue weighted by atomic mass is 10.00. The van der Waals surface area contributed by atoms with Crippen LogP contribution in [-0.2, 0) is 0 Å². The van der Waals surface area contributed by atoms with Crippen LogP contribution in [0.5, 0.6) is 0 Å². The van der Waals surface area contributed by atoms with Gasteiger partial charge in [0, 0.05) is 69.5 Å². The quantitative estimate of drug-likeness (QED) is 0.186. The molecule has 4 aromatic heterocycles. The summed E-state index contributed by atoms with van der Waals surface area (Å²) in [7, 11) is 0. The van der Waals surface area contributed by atoms with Crippen molar-refractivity contribution in [3.05, 3.63) is 152 Å². The molecule has 4 heterocycles. The van der Waals surface area contributed by atoms with E-state index in [4.69, 9.17) is 23.8 Å². The predicted molar refractivity (Wildman–Crippen MR) is 209 cm³/mol. The lowest BCUT2D eigenvalue weighted by molar-refractivity contribution is 0.665. The molecule has 11 rings (SSSR count). The molecule has 0 spiro atoms. The molecule has 5 nitrogen and oxygen atoms in total. The average molecular weight is 672 g/mol. The summed E-state index contributed by atoms with van der Waals surface area (Å²) < 4.78 is 15.6. The number of benzene rings is 7. The lowest BCUT2D eigenvalue weighted by Crippen LogP contribution is -2.00. The van der Waals surface area contributed by atoms with E-state index < -0.39 is 0 Å². The van der Waals surface area contributed by atoms with Crippen LogP contribution in [0.4, 0.5) is 0 Å². The number of hydrogen-bond donors (Lipinski definition) is 0. The Hall–Kier alpha value is -6.63. The highest BCUT2D eigenvalue weighted by Crippen LogP contribution is 2.42. The number of furan rings is 2. The Kier molecular flexibility index (Phi) is 6.05. The molecule has 0 bridgehead atoms. The number of hydrogen-bond acceptors (Lipinski definition) is 6. The van der Waals surface area contributed by atoms with Crippen LogP contribution in [0, 0.1) is 0 Å². The maximum absolute atomic E-state index is 6.72. The summed E-state index contributed by atoms with van der Waals surface area (Å²) in [6.07, 6.45) is 0. The smallest absolute Gasteiger partial charge is 0.164 e. The number of fused-ring (bicyclic) bond motifs is 9. The van der Waals surface area contributed by atoms with E-state index in [0.29, 0.717) is 17.5 Å². The fourth-order valence-electron chi connectivity index (χ4n) is 7.32. The minimum atomic E-state index is 0.588. The minimum Gasteiger partial charge on any atom is -0.455 e. The van der Waals surface area contributed by atoms with E-state index >= 15 is 0 Å². The number of thiophene rings is 1. The van der Waals surface area contributed by atoms with Crippen molar-refractivity contribution >= 4 is 75.4 Å². The molecule has 11 aromatic rings. The fraction of sp³-hybridized carbons (Fsp3) is 0. The van der Waals surface area contributed by atoms with Gasteiger partial charge in [-0.05, 0) is 30.3 Å². The number of aromatic nitrogens is 3. The number of rotatable bonds is 4. The van der Waals surface area contributed by atoms with Gasteiger partial charge in [0.1, 0.15) is 22.3 Å². The van der Waals surface area contributed by atoms with E-state index in [0.717, 1.165) is 71.7 Å². The molecule has 0 aliphatic heterocycles. The zero-order chi connectivity index (χ0) is 33.5. The highest BCUT2D eigenvalue weighted by molar-refractivity contribution is 7.25. The Labute approximate surface area is 295 Å². The maximum atomic E-state index is 6.72. The van der Waals surface area contributed by atoms with Crippen molar-refractivity contribution in [3.63, 3.8) is 0 Å². The first-order valence-electron chi connectivity index (χ1n) is 16.8. The second-order valence-electron chi connectivity index (χ2n) is 12.8. The summed E-state index contributed by atoms with van der Waals surface area (Å²) in [5.41, 5.74) is 8.02. The highest BCUT2D eigenvalue weighted by Gasteiger charge is 2.19. The van der Waals surface area contributed by atoms with Gasteiger partial charge < -0.3 is 8.83 Å². The molecule has 0 saturated heterocycles. The molecule has 0 N–H and O–H groups in total. The van der Waals surface area contributed by atoms with Crippen LogP contribution in [0.15, 0.2) is 160 Å². The molecule has 6 heteroatoms. The molecule has 7 aromatic carbocycles. The van der Waals surface area contributed by atoms with Crippen LogP contribution < -0.4 is 0 Å². The van der Waals surface area contributed by atoms with Crippen molar-refractivity contribution in [1.29, 1.82) is 0 Å². The highest BCUT2D eigenvalue weighted by atomic mass is 32.1. The second kappa shape index (κ2) is 10.9. The summed E-state index contributed by atoms with van der Waals surface area (Å²) >= 11 is 1.79. The SMILES string of the molecule is c1ccc(-c2nc(-c3ccc4c(c3)oc3c(-c5cccc6c5oc5ccccc56)cccc34)nc(-c3ccc4c(c3)sc3ccccc34)n2)cc1. The van der Waals surface area contributed by atoms with E-state index in [9.17, 15) is 0 Å². The van der Waals surface area contributed by atoms with Gasteiger partial charge >= 0.3 is 0 Å². The van der Waals surface area contributed by atoms with Crippen LogP contribution in [0.1, 0.15) is 0 Å². The standard InChI is InChI=1S/C45H25N3O2S/c1-2-10-26(11-3-1)43-46-44(48-45(47-43)28-21-23-32-31-13-5-7-19-39(31)51-40(32)25-28)27-20-22-30-34-15-9-17-36(42(34)50-38(30)24-27)35-16-8-14-33-29-12-4-6-18-37(29)49-41(33)35/h1-25H. The Balaban J connectivity index is 1.07. The van der Waals surface area contributed by atoms with Gasteiger partial charge in [-0.2, -0.15) is 0 Å². The van der Waals surface area contributed by atoms with E-state index in [-0.39, 0.29) is 0 Å². The van der Waals surface area contributed by atoms with Gasteiger partial charge in [-0.1, -0.05) is 121 Å². The van der Waals surface area contributed by atoms with Crippen LogP contribution >= 0.6 is 11.3 Å². The first kappa shape index (κ1) is 28.2. The van der Waals surface area contributed by atoms with Crippen LogP contribution in [0.2, 0.25) is 0 Å². The molecular weight excluding hydrogens is 647 g/mol. The Bertz CT molecular complexity index is 3160. The number of nitrogens with zero attached hydrogens (tertiary/aromatic N) is 3. The summed E-state index contributed by atoms with van der Waals surface area (Å²) in [5, 5.41) is 6.77. The summed E-state index contributed by atoms with van der Waals surface area (Å²) in [6, 6.07) is 52.1. The largest absolute Gasteiger partial charge is 0.455 e. The van der Waals surface area contributed by atoms with Crippen LogP contribution in [-0.4, -0.2) is 15.0 Å². The Morgan fingerprint density at radius 2 is 0.882 bits per heavy atom. The van der Waals surface area contributed by atoms with Gasteiger partial charge in [0.25, 0.3) is 0 Å². The molecule has 51 heavy (non-hydrogen) atoms. The summed E-state index contributed by atoms with van der Waals surface area (Å²) in [6.45, 7) is 0. The van der Waals surface area contributed by atoms with Gasteiger partial charge in [-0.3, -0.25) is 0 Å². The summed E-state index contributed by atoms with van der Waals surface area (Å²) in [4.78, 5) is 15.1. The van der Waals surface area contributed by atoms with Crippen LogP contribution in [0.3, 0.4) is 0 Å². The predicted octanol–water partition coefficient (Wildman–Crippen LogP) is 12.7. The third-order valence-electron chi connectivity index (χ3n) is 9.76. The molecule has 0 radical (unpaired) electrons. The van der Waals surface area contributed by atoms with Gasteiger partial charge in [0.15, 0.2) is 17.5 Å². The normalized spacial score (nSPS) is 11.9. The molecule has 0 aliphatic rings. The van der Waals surface area contributed by atoms with Crippen molar-refractivity contribution in [2.45, 2.75) is 0 Å². The fourth-order valence-corrected chi connectivity index (χ4v) is 8.47. The van der Waals surface area contributed by atoms with E-state index in [2.05, 4.69) is 97.1 Å². The molecule has 0 atom stereocenters. The van der Waals surface area contributed by atoms with Crippen molar-refractivity contribution in [3.8, 4) is 45.3 Å². The van der Waals surface area contributed by atoms with Crippen LogP contribution in [0.25, 0.3) is 109 Å². The molecular formula is C45H25N3O2S. The van der Waals surface area contributed by atoms with Crippen molar-refractivity contribution in [2.24, 2.45) is 0 Å². The van der Waals surface area contributed by atoms with E-state index in [1.807, 2.05) is 54.6 Å². The zero-order valence-electron chi connectivity index (χ0n) is 27.0. The van der Waals surface area contributed by atoms with Gasteiger partial charge in [-0.25, -0.2) is 15.0 Å². The van der Waals surface area contributed by atoms with Crippen molar-refractivity contribution in [1.82, 2.24) is 15.0 Å². The van der Waals surface area contributed by atoms with Crippen molar-refractivity contribution < 1.29 is 8.83 Å². The first-order chi connectivity index (χ1) is 25.2. The molecule has 238 valence electrons. The molecule has 0 unspecified atom stereocenters. The van der Waals surface area contributed by atoms with Gasteiger partial charge in [0.2, 0.25) is 0 Å². The van der Waals surface area contributed by atoms with Gasteiger partial charge in [0.05, 0.1) is 0 Å². The molecule has 0 amide bonds. The van der Waals surface area contributed by atoms with E-state index in [1.165, 1.54) is 20.2 Å². The minimum absolute atomic E-state index is 0.588. The monoisotopic (exact) mass is 671 g/mol. The first-order valence-corrected chi connectivity index (χ1v) is 17.7. The third kappa shape index (κ3) is 4.43. The van der Waals surface area contributed by atoms with Gasteiger partial charge in [-0.15, -0.1) is 11.3 Å². The molecule has 0 saturated carbocycles. The second-order valence-corrected chi connectivity index (χ2v) is 13.8. The maximum Gasteiger partial charge on any atom is 0.164 e. The molecule has 0 fully saturated rings. The Morgan fingerprint density at radius 3 is 1.63 bits per heavy atom. The molecule has 0 aliphatic carbocycles.